The lowest BCUT2D eigenvalue weighted by atomic mass is 10.2. The molecule has 4 aromatic rings. The molecule has 1 aliphatic heterocycles. The number of hydrogen-bond donors (Lipinski definition) is 0. The summed E-state index contributed by atoms with van der Waals surface area (Å²) in [5.74, 6) is -1.02. The van der Waals surface area contributed by atoms with Crippen molar-refractivity contribution in [1.29, 1.82) is 0 Å². The summed E-state index contributed by atoms with van der Waals surface area (Å²) >= 11 is 7.57. The van der Waals surface area contributed by atoms with Gasteiger partial charge in [0.15, 0.2) is 4.80 Å². The molecule has 0 unspecified atom stereocenters. The fourth-order valence-corrected chi connectivity index (χ4v) is 7.23. The van der Waals surface area contributed by atoms with Crippen molar-refractivity contribution < 1.29 is 22.7 Å². The van der Waals surface area contributed by atoms with Crippen LogP contribution in [0.1, 0.15) is 28.4 Å². The maximum atomic E-state index is 13.3. The van der Waals surface area contributed by atoms with Crippen LogP contribution in [-0.4, -0.2) is 38.0 Å². The lowest BCUT2D eigenvalue weighted by Crippen LogP contribution is -2.29. The van der Waals surface area contributed by atoms with Crippen molar-refractivity contribution in [3.8, 4) is 0 Å². The summed E-state index contributed by atoms with van der Waals surface area (Å²) in [7, 11) is -3.78. The van der Waals surface area contributed by atoms with E-state index in [1.807, 2.05) is 31.2 Å². The van der Waals surface area contributed by atoms with Crippen molar-refractivity contribution in [2.24, 2.45) is 4.99 Å². The van der Waals surface area contributed by atoms with E-state index in [0.29, 0.717) is 34.0 Å². The third kappa shape index (κ3) is 4.75. The highest BCUT2D eigenvalue weighted by atomic mass is 35.5. The number of fused-ring (bicyclic) bond motifs is 2. The van der Waals surface area contributed by atoms with E-state index in [1.54, 1.807) is 23.6 Å². The summed E-state index contributed by atoms with van der Waals surface area (Å²) in [6, 6.07) is 16.7. The molecule has 1 aromatic heterocycles. The van der Waals surface area contributed by atoms with E-state index in [-0.39, 0.29) is 23.6 Å². The number of amides is 1. The van der Waals surface area contributed by atoms with E-state index < -0.39 is 21.9 Å². The van der Waals surface area contributed by atoms with Gasteiger partial charge < -0.3 is 9.30 Å². The molecular weight excluding hydrogens is 546 g/mol. The normalized spacial score (nSPS) is 13.7. The number of para-hydroxylation sites is 1. The van der Waals surface area contributed by atoms with Crippen LogP contribution in [0.5, 0.6) is 0 Å². The monoisotopic (exact) mass is 569 g/mol. The summed E-state index contributed by atoms with van der Waals surface area (Å²) in [6.07, 6.45) is 0.649. The van der Waals surface area contributed by atoms with Gasteiger partial charge in [-0.25, -0.2) is 8.42 Å². The molecular formula is C27H24ClN3O5S2. The van der Waals surface area contributed by atoms with E-state index in [4.69, 9.17) is 16.3 Å². The first kappa shape index (κ1) is 26.1. The van der Waals surface area contributed by atoms with Crippen LogP contribution in [0.15, 0.2) is 70.6 Å². The summed E-state index contributed by atoms with van der Waals surface area (Å²) in [5, 5.41) is 0.531. The molecule has 0 bridgehead atoms. The van der Waals surface area contributed by atoms with Crippen LogP contribution in [0.25, 0.3) is 10.2 Å². The van der Waals surface area contributed by atoms with Crippen LogP contribution in [0.4, 0.5) is 5.69 Å². The number of ether oxygens (including phenoxy) is 1. The van der Waals surface area contributed by atoms with Crippen molar-refractivity contribution in [2.75, 3.05) is 17.5 Å². The van der Waals surface area contributed by atoms with Crippen molar-refractivity contribution in [3.63, 3.8) is 0 Å². The summed E-state index contributed by atoms with van der Waals surface area (Å²) in [4.78, 5) is 30.1. The average molecular weight is 570 g/mol. The summed E-state index contributed by atoms with van der Waals surface area (Å²) < 4.78 is 35.5. The van der Waals surface area contributed by atoms with Crippen molar-refractivity contribution in [2.45, 2.75) is 31.7 Å². The summed E-state index contributed by atoms with van der Waals surface area (Å²) in [6.45, 7) is 4.02. The first-order chi connectivity index (χ1) is 18.2. The van der Waals surface area contributed by atoms with Gasteiger partial charge in [-0.1, -0.05) is 41.1 Å². The summed E-state index contributed by atoms with van der Waals surface area (Å²) in [5.41, 5.74) is 3.35. The van der Waals surface area contributed by atoms with Gasteiger partial charge in [-0.2, -0.15) is 4.99 Å². The number of nitrogens with zero attached hydrogens (tertiary/aromatic N) is 3. The number of esters is 1. The Morgan fingerprint density at radius 2 is 1.82 bits per heavy atom. The molecule has 0 radical (unpaired) electrons. The molecule has 0 N–H and O–H groups in total. The second kappa shape index (κ2) is 10.4. The van der Waals surface area contributed by atoms with Gasteiger partial charge >= 0.3 is 5.97 Å². The second-order valence-electron chi connectivity index (χ2n) is 8.69. The minimum Gasteiger partial charge on any atom is -0.465 e. The highest BCUT2D eigenvalue weighted by Gasteiger charge is 2.30. The Hall–Kier alpha value is -3.47. The van der Waals surface area contributed by atoms with Gasteiger partial charge in [0, 0.05) is 17.1 Å². The number of carbonyl (C=O) groups is 2. The largest absolute Gasteiger partial charge is 0.465 e. The number of rotatable bonds is 6. The number of hydrogen-bond acceptors (Lipinski definition) is 6. The zero-order chi connectivity index (χ0) is 27.0. The number of anilines is 1. The first-order valence-electron chi connectivity index (χ1n) is 11.9. The molecule has 1 amide bonds. The van der Waals surface area contributed by atoms with E-state index in [9.17, 15) is 18.0 Å². The van der Waals surface area contributed by atoms with E-state index in [1.165, 1.54) is 39.9 Å². The van der Waals surface area contributed by atoms with E-state index >= 15 is 0 Å². The van der Waals surface area contributed by atoms with Crippen molar-refractivity contribution in [3.05, 3.63) is 87.2 Å². The Labute approximate surface area is 228 Å². The highest BCUT2D eigenvalue weighted by molar-refractivity contribution is 7.92. The fraction of sp³-hybridized carbons (Fsp3) is 0.222. The standard InChI is InChI=1S/C27H24ClN3O5S2/c1-3-36-24(32)16-30-25-17(2)21(28)12-13-23(25)37-27(30)29-26(33)19-8-10-20(11-9-19)38(34,35)31-15-14-18-6-4-5-7-22(18)31/h4-13H,3,14-16H2,1-2H3. The van der Waals surface area contributed by atoms with Gasteiger partial charge in [0.2, 0.25) is 0 Å². The highest BCUT2D eigenvalue weighted by Crippen LogP contribution is 2.33. The lowest BCUT2D eigenvalue weighted by molar-refractivity contribution is -0.143. The van der Waals surface area contributed by atoms with Gasteiger partial charge in [-0.05, 0) is 73.9 Å². The number of benzene rings is 3. The molecule has 5 rings (SSSR count). The number of carbonyl (C=O) groups excluding carboxylic acids is 2. The van der Waals surface area contributed by atoms with Gasteiger partial charge in [0.25, 0.3) is 15.9 Å². The Morgan fingerprint density at radius 3 is 2.55 bits per heavy atom. The average Bonchev–Trinajstić information content (AvgIpc) is 3.49. The zero-order valence-corrected chi connectivity index (χ0v) is 23.1. The molecule has 3 aromatic carbocycles. The van der Waals surface area contributed by atoms with Gasteiger partial charge in [0.05, 0.1) is 27.4 Å². The number of sulfonamides is 1. The molecule has 0 fully saturated rings. The topological polar surface area (TPSA) is 98.0 Å². The smallest absolute Gasteiger partial charge is 0.326 e. The lowest BCUT2D eigenvalue weighted by Gasteiger charge is -2.19. The Balaban J connectivity index is 1.49. The maximum Gasteiger partial charge on any atom is 0.326 e. The van der Waals surface area contributed by atoms with Crippen molar-refractivity contribution in [1.82, 2.24) is 4.57 Å². The van der Waals surface area contributed by atoms with Gasteiger partial charge in [-0.15, -0.1) is 0 Å². The van der Waals surface area contributed by atoms with Gasteiger partial charge in [-0.3, -0.25) is 13.9 Å². The molecule has 0 saturated heterocycles. The number of aromatic nitrogens is 1. The van der Waals surface area contributed by atoms with Crippen LogP contribution in [0, 0.1) is 6.92 Å². The molecule has 8 nitrogen and oxygen atoms in total. The van der Waals surface area contributed by atoms with Crippen LogP contribution in [-0.2, 0) is 32.5 Å². The second-order valence-corrected chi connectivity index (χ2v) is 12.0. The molecule has 1 aliphatic rings. The minimum absolute atomic E-state index is 0.0928. The molecule has 11 heteroatoms. The minimum atomic E-state index is -3.78. The number of halogens is 1. The third-order valence-corrected chi connectivity index (χ3v) is 9.63. The van der Waals surface area contributed by atoms with Crippen LogP contribution >= 0.6 is 22.9 Å². The number of aryl methyl sites for hydroxylation is 1. The Bertz CT molecular complexity index is 1740. The fourth-order valence-electron chi connectivity index (χ4n) is 4.49. The SMILES string of the molecule is CCOC(=O)Cn1c(=NC(=O)c2ccc(S(=O)(=O)N3CCc4ccccc43)cc2)sc2ccc(Cl)c(C)c21. The van der Waals surface area contributed by atoms with E-state index in [0.717, 1.165) is 15.8 Å². The molecule has 38 heavy (non-hydrogen) atoms. The van der Waals surface area contributed by atoms with Gasteiger partial charge in [0.1, 0.15) is 6.54 Å². The first-order valence-corrected chi connectivity index (χ1v) is 14.6. The van der Waals surface area contributed by atoms with Crippen molar-refractivity contribution >= 4 is 60.7 Å². The number of thiazole rings is 1. The van der Waals surface area contributed by atoms with Crippen LogP contribution in [0.2, 0.25) is 5.02 Å². The predicted octanol–water partition coefficient (Wildman–Crippen LogP) is 4.72. The van der Waals surface area contributed by atoms with E-state index in [2.05, 4.69) is 4.99 Å². The molecule has 0 atom stereocenters. The van der Waals surface area contributed by atoms with Crippen LogP contribution < -0.4 is 9.11 Å². The zero-order valence-electron chi connectivity index (χ0n) is 20.7. The quantitative estimate of drug-likeness (QED) is 0.313. The predicted molar refractivity (Wildman–Crippen MR) is 147 cm³/mol. The molecule has 0 saturated carbocycles. The Morgan fingerprint density at radius 1 is 1.08 bits per heavy atom. The maximum absolute atomic E-state index is 13.3. The Kier molecular flexibility index (Phi) is 7.13. The molecule has 196 valence electrons. The third-order valence-electron chi connectivity index (χ3n) is 6.35. The molecule has 2 heterocycles. The van der Waals surface area contributed by atoms with Crippen LogP contribution in [0.3, 0.4) is 0 Å². The molecule has 0 aliphatic carbocycles. The molecule has 0 spiro atoms.